The van der Waals surface area contributed by atoms with E-state index < -0.39 is 0 Å². The molecule has 2 fully saturated rings. The van der Waals surface area contributed by atoms with E-state index in [0.717, 1.165) is 11.8 Å². The molecule has 0 amide bonds. The summed E-state index contributed by atoms with van der Waals surface area (Å²) in [6, 6.07) is 0. The minimum atomic E-state index is 0.963. The third kappa shape index (κ3) is 2.80. The summed E-state index contributed by atoms with van der Waals surface area (Å²) in [6.45, 7) is 9.05. The number of nitrogens with zero attached hydrogens (tertiary/aromatic N) is 2. The number of hydrogen-bond acceptors (Lipinski definition) is 2. The van der Waals surface area contributed by atoms with Gasteiger partial charge in [0.2, 0.25) is 0 Å². The third-order valence-electron chi connectivity index (χ3n) is 3.31. The highest BCUT2D eigenvalue weighted by Gasteiger charge is 2.27. The standard InChI is InChI=1S/C10H19IN2/c1-9-2-4-12(5-3-9)6-10-7-13(11)8-10/h9-10H,2-8H2,1H3. The topological polar surface area (TPSA) is 6.48 Å². The summed E-state index contributed by atoms with van der Waals surface area (Å²) in [5, 5.41) is 0. The molecule has 13 heavy (non-hydrogen) atoms. The molecular weight excluding hydrogens is 275 g/mol. The van der Waals surface area contributed by atoms with Crippen LogP contribution in [0.2, 0.25) is 0 Å². The van der Waals surface area contributed by atoms with Crippen LogP contribution in [0.15, 0.2) is 0 Å². The number of likely N-dealkylation sites (tertiary alicyclic amines) is 1. The van der Waals surface area contributed by atoms with Gasteiger partial charge in [0.25, 0.3) is 0 Å². The first-order valence-electron chi connectivity index (χ1n) is 5.37. The van der Waals surface area contributed by atoms with Crippen LogP contribution < -0.4 is 0 Å². The van der Waals surface area contributed by atoms with E-state index in [1.807, 2.05) is 0 Å². The Morgan fingerprint density at radius 3 is 2.38 bits per heavy atom. The van der Waals surface area contributed by atoms with Crippen molar-refractivity contribution in [1.82, 2.24) is 8.01 Å². The van der Waals surface area contributed by atoms with E-state index in [1.165, 1.54) is 45.6 Å². The lowest BCUT2D eigenvalue weighted by Gasteiger charge is -2.39. The zero-order valence-electron chi connectivity index (χ0n) is 8.38. The summed E-state index contributed by atoms with van der Waals surface area (Å²) >= 11 is 2.42. The van der Waals surface area contributed by atoms with Crippen LogP contribution in [0.4, 0.5) is 0 Å². The molecule has 0 bridgehead atoms. The van der Waals surface area contributed by atoms with Crippen molar-refractivity contribution >= 4 is 22.9 Å². The van der Waals surface area contributed by atoms with Gasteiger partial charge in [-0.05, 0) is 37.8 Å². The summed E-state index contributed by atoms with van der Waals surface area (Å²) in [6.07, 6.45) is 2.83. The van der Waals surface area contributed by atoms with Crippen molar-refractivity contribution in [3.05, 3.63) is 0 Å². The van der Waals surface area contributed by atoms with Gasteiger partial charge in [0.15, 0.2) is 0 Å². The van der Waals surface area contributed by atoms with Gasteiger partial charge in [0, 0.05) is 42.5 Å². The van der Waals surface area contributed by atoms with Gasteiger partial charge in [-0.3, -0.25) is 0 Å². The minimum Gasteiger partial charge on any atom is -0.303 e. The summed E-state index contributed by atoms with van der Waals surface area (Å²) < 4.78 is 2.38. The highest BCUT2D eigenvalue weighted by molar-refractivity contribution is 14.1. The second kappa shape index (κ2) is 4.45. The molecule has 0 N–H and O–H groups in total. The lowest BCUT2D eigenvalue weighted by molar-refractivity contribution is 0.121. The highest BCUT2D eigenvalue weighted by Crippen LogP contribution is 2.23. The lowest BCUT2D eigenvalue weighted by atomic mass is 9.96. The van der Waals surface area contributed by atoms with E-state index in [0.29, 0.717) is 0 Å². The van der Waals surface area contributed by atoms with Crippen molar-refractivity contribution < 1.29 is 0 Å². The first kappa shape index (κ1) is 10.2. The van der Waals surface area contributed by atoms with Crippen LogP contribution in [0, 0.1) is 11.8 Å². The van der Waals surface area contributed by atoms with Gasteiger partial charge in [-0.15, -0.1) is 0 Å². The molecule has 0 aromatic carbocycles. The molecule has 0 aromatic heterocycles. The quantitative estimate of drug-likeness (QED) is 0.568. The first-order valence-corrected chi connectivity index (χ1v) is 6.33. The Hall–Kier alpha value is 0.650. The molecule has 3 heteroatoms. The zero-order chi connectivity index (χ0) is 9.26. The largest absolute Gasteiger partial charge is 0.303 e. The lowest BCUT2D eigenvalue weighted by Crippen LogP contribution is -2.48. The van der Waals surface area contributed by atoms with Crippen molar-refractivity contribution in [1.29, 1.82) is 0 Å². The maximum absolute atomic E-state index is 2.66. The summed E-state index contributed by atoms with van der Waals surface area (Å²) in [7, 11) is 0. The SMILES string of the molecule is CC1CCN(CC2CN(I)C2)CC1. The van der Waals surface area contributed by atoms with Crippen molar-refractivity contribution in [2.45, 2.75) is 19.8 Å². The average molecular weight is 294 g/mol. The molecule has 2 heterocycles. The molecule has 2 rings (SSSR count). The van der Waals surface area contributed by atoms with E-state index in [1.54, 1.807) is 0 Å². The molecule has 0 unspecified atom stereocenters. The summed E-state index contributed by atoms with van der Waals surface area (Å²) in [5.74, 6) is 1.93. The Morgan fingerprint density at radius 2 is 1.85 bits per heavy atom. The fourth-order valence-electron chi connectivity index (χ4n) is 2.23. The second-order valence-corrected chi connectivity index (χ2v) is 6.04. The molecule has 2 aliphatic rings. The zero-order valence-corrected chi connectivity index (χ0v) is 10.5. The van der Waals surface area contributed by atoms with Crippen LogP contribution in [0.25, 0.3) is 0 Å². The van der Waals surface area contributed by atoms with E-state index in [2.05, 4.69) is 37.8 Å². The molecule has 0 spiro atoms. The molecule has 0 saturated carbocycles. The molecule has 0 radical (unpaired) electrons. The van der Waals surface area contributed by atoms with Crippen molar-refractivity contribution in [2.75, 3.05) is 32.7 Å². The van der Waals surface area contributed by atoms with Crippen LogP contribution >= 0.6 is 22.9 Å². The van der Waals surface area contributed by atoms with E-state index in [4.69, 9.17) is 0 Å². The van der Waals surface area contributed by atoms with Crippen LogP contribution in [-0.4, -0.2) is 40.7 Å². The van der Waals surface area contributed by atoms with E-state index >= 15 is 0 Å². The van der Waals surface area contributed by atoms with Gasteiger partial charge in [0.1, 0.15) is 0 Å². The maximum Gasteiger partial charge on any atom is 0.0201 e. The molecule has 0 aromatic rings. The van der Waals surface area contributed by atoms with Crippen LogP contribution in [0.3, 0.4) is 0 Å². The molecule has 0 atom stereocenters. The normalized spacial score (nSPS) is 29.1. The van der Waals surface area contributed by atoms with Gasteiger partial charge in [-0.1, -0.05) is 6.92 Å². The maximum atomic E-state index is 2.66. The van der Waals surface area contributed by atoms with Crippen molar-refractivity contribution in [2.24, 2.45) is 11.8 Å². The van der Waals surface area contributed by atoms with E-state index in [-0.39, 0.29) is 0 Å². The summed E-state index contributed by atoms with van der Waals surface area (Å²) in [4.78, 5) is 2.66. The fourth-order valence-corrected chi connectivity index (χ4v) is 3.35. The van der Waals surface area contributed by atoms with E-state index in [9.17, 15) is 0 Å². The predicted octanol–water partition coefficient (Wildman–Crippen LogP) is 2.00. The minimum absolute atomic E-state index is 0.963. The van der Waals surface area contributed by atoms with Crippen molar-refractivity contribution in [3.8, 4) is 0 Å². The Balaban J connectivity index is 1.65. The Labute approximate surface area is 95.2 Å². The average Bonchev–Trinajstić information content (AvgIpc) is 2.06. The number of hydrogen-bond donors (Lipinski definition) is 0. The highest BCUT2D eigenvalue weighted by atomic mass is 127. The fraction of sp³-hybridized carbons (Fsp3) is 1.00. The Kier molecular flexibility index (Phi) is 3.48. The summed E-state index contributed by atoms with van der Waals surface area (Å²) in [5.41, 5.74) is 0. The second-order valence-electron chi connectivity index (χ2n) is 4.68. The molecule has 2 aliphatic heterocycles. The van der Waals surface area contributed by atoms with Gasteiger partial charge in [-0.25, -0.2) is 3.11 Å². The number of halogens is 1. The molecule has 0 aliphatic carbocycles. The smallest absolute Gasteiger partial charge is 0.0201 e. The third-order valence-corrected chi connectivity index (χ3v) is 4.09. The van der Waals surface area contributed by atoms with Gasteiger partial charge in [-0.2, -0.15) is 0 Å². The van der Waals surface area contributed by atoms with Gasteiger partial charge < -0.3 is 4.90 Å². The predicted molar refractivity (Wildman–Crippen MR) is 63.9 cm³/mol. The monoisotopic (exact) mass is 294 g/mol. The van der Waals surface area contributed by atoms with Crippen LogP contribution in [-0.2, 0) is 0 Å². The molecule has 76 valence electrons. The molecule has 2 nitrogen and oxygen atoms in total. The van der Waals surface area contributed by atoms with Crippen molar-refractivity contribution in [3.63, 3.8) is 0 Å². The number of rotatable bonds is 2. The first-order chi connectivity index (χ1) is 6.24. The van der Waals surface area contributed by atoms with Gasteiger partial charge >= 0.3 is 0 Å². The molecular formula is C10H19IN2. The van der Waals surface area contributed by atoms with Crippen LogP contribution in [0.5, 0.6) is 0 Å². The Morgan fingerprint density at radius 1 is 1.23 bits per heavy atom. The Bertz CT molecular complexity index is 160. The molecule has 2 saturated heterocycles. The number of piperidine rings is 1. The van der Waals surface area contributed by atoms with Crippen LogP contribution in [0.1, 0.15) is 19.8 Å². The van der Waals surface area contributed by atoms with Gasteiger partial charge in [0.05, 0.1) is 0 Å².